The molecule has 3 rings (SSSR count). The molecule has 1 heterocycles. The number of H-pyrrole nitrogens is 1. The Bertz CT molecular complexity index is 646. The summed E-state index contributed by atoms with van der Waals surface area (Å²) in [7, 11) is -3.20. The highest BCUT2D eigenvalue weighted by Gasteiger charge is 2.35. The van der Waals surface area contributed by atoms with Crippen LogP contribution in [-0.2, 0) is 10.0 Å². The number of aromatic nitrogens is 2. The van der Waals surface area contributed by atoms with Crippen LogP contribution in [-0.4, -0.2) is 23.9 Å². The first-order chi connectivity index (χ1) is 8.65. The Morgan fingerprint density at radius 2 is 2.11 bits per heavy atom. The van der Waals surface area contributed by atoms with Crippen molar-refractivity contribution in [2.24, 2.45) is 0 Å². The van der Waals surface area contributed by atoms with E-state index >= 15 is 0 Å². The van der Waals surface area contributed by atoms with Crippen molar-refractivity contribution >= 4 is 15.7 Å². The molecule has 1 aromatic carbocycles. The molecule has 1 aliphatic rings. The Balaban J connectivity index is 1.87. The van der Waals surface area contributed by atoms with Crippen LogP contribution in [0, 0.1) is 0 Å². The summed E-state index contributed by atoms with van der Waals surface area (Å²) in [5.41, 5.74) is 2.36. The maximum absolute atomic E-state index is 11.8. The van der Waals surface area contributed by atoms with Gasteiger partial charge in [0.15, 0.2) is 0 Å². The summed E-state index contributed by atoms with van der Waals surface area (Å²) in [5, 5.41) is 6.51. The molecule has 6 heteroatoms. The average molecular weight is 263 g/mol. The Morgan fingerprint density at radius 1 is 1.28 bits per heavy atom. The highest BCUT2D eigenvalue weighted by atomic mass is 32.2. The van der Waals surface area contributed by atoms with Crippen LogP contribution in [0.1, 0.15) is 12.8 Å². The lowest BCUT2D eigenvalue weighted by atomic mass is 10.1. The molecule has 0 saturated heterocycles. The first-order valence-electron chi connectivity index (χ1n) is 5.76. The third kappa shape index (κ3) is 2.24. The standard InChI is InChI=1S/C12H13N3O2S/c16-18(17,11-4-5-11)15-10-3-1-2-9(8-10)12-6-7-13-14-12/h1-3,6-8,11,15H,4-5H2,(H,13,14). The summed E-state index contributed by atoms with van der Waals surface area (Å²) in [5.74, 6) is 0. The molecule has 1 aromatic heterocycles. The summed E-state index contributed by atoms with van der Waals surface area (Å²) in [4.78, 5) is 0. The van der Waals surface area contributed by atoms with Crippen LogP contribution < -0.4 is 4.72 Å². The molecule has 0 amide bonds. The number of sulfonamides is 1. The molecule has 0 spiro atoms. The lowest BCUT2D eigenvalue weighted by molar-refractivity contribution is 0.600. The van der Waals surface area contributed by atoms with E-state index in [2.05, 4.69) is 14.9 Å². The number of hydrogen-bond acceptors (Lipinski definition) is 3. The maximum Gasteiger partial charge on any atom is 0.235 e. The van der Waals surface area contributed by atoms with Crippen LogP contribution in [0.5, 0.6) is 0 Å². The van der Waals surface area contributed by atoms with Crippen molar-refractivity contribution in [1.29, 1.82) is 0 Å². The van der Waals surface area contributed by atoms with E-state index < -0.39 is 10.0 Å². The van der Waals surface area contributed by atoms with Crippen LogP contribution in [0.25, 0.3) is 11.3 Å². The quantitative estimate of drug-likeness (QED) is 0.885. The van der Waals surface area contributed by atoms with E-state index in [9.17, 15) is 8.42 Å². The van der Waals surface area contributed by atoms with Gasteiger partial charge in [-0.05, 0) is 31.0 Å². The van der Waals surface area contributed by atoms with Gasteiger partial charge in [-0.15, -0.1) is 0 Å². The largest absolute Gasteiger partial charge is 0.283 e. The van der Waals surface area contributed by atoms with Gasteiger partial charge in [0.25, 0.3) is 0 Å². The Hall–Kier alpha value is -1.82. The van der Waals surface area contributed by atoms with E-state index in [4.69, 9.17) is 0 Å². The van der Waals surface area contributed by atoms with Gasteiger partial charge in [0.05, 0.1) is 10.9 Å². The van der Waals surface area contributed by atoms with Gasteiger partial charge < -0.3 is 0 Å². The fourth-order valence-corrected chi connectivity index (χ4v) is 3.17. The van der Waals surface area contributed by atoms with Gasteiger partial charge in [0, 0.05) is 17.4 Å². The predicted octanol–water partition coefficient (Wildman–Crippen LogP) is 1.98. The molecule has 0 radical (unpaired) electrons. The molecule has 1 saturated carbocycles. The summed E-state index contributed by atoms with van der Waals surface area (Å²) in [6.45, 7) is 0. The maximum atomic E-state index is 11.8. The fourth-order valence-electron chi connectivity index (χ4n) is 1.79. The van der Waals surface area contributed by atoms with Crippen molar-refractivity contribution < 1.29 is 8.42 Å². The van der Waals surface area contributed by atoms with E-state index in [1.807, 2.05) is 18.2 Å². The second-order valence-electron chi connectivity index (χ2n) is 4.40. The van der Waals surface area contributed by atoms with E-state index in [-0.39, 0.29) is 5.25 Å². The Labute approximate surface area is 105 Å². The minimum absolute atomic E-state index is 0.215. The summed E-state index contributed by atoms with van der Waals surface area (Å²) >= 11 is 0. The minimum Gasteiger partial charge on any atom is -0.283 e. The predicted molar refractivity (Wildman–Crippen MR) is 69.6 cm³/mol. The van der Waals surface area contributed by atoms with E-state index in [1.165, 1.54) is 0 Å². The summed E-state index contributed by atoms with van der Waals surface area (Å²) in [6.07, 6.45) is 3.18. The van der Waals surface area contributed by atoms with Gasteiger partial charge in [0.1, 0.15) is 0 Å². The Kier molecular flexibility index (Phi) is 2.59. The third-order valence-corrected chi connectivity index (χ3v) is 4.77. The number of benzene rings is 1. The zero-order valence-electron chi connectivity index (χ0n) is 9.63. The number of anilines is 1. The van der Waals surface area contributed by atoms with Crippen LogP contribution in [0.15, 0.2) is 36.5 Å². The molecular formula is C12H13N3O2S. The number of hydrogen-bond donors (Lipinski definition) is 2. The normalized spacial score (nSPS) is 15.6. The van der Waals surface area contributed by atoms with E-state index in [0.29, 0.717) is 5.69 Å². The van der Waals surface area contributed by atoms with Crippen molar-refractivity contribution in [2.45, 2.75) is 18.1 Å². The van der Waals surface area contributed by atoms with Crippen LogP contribution >= 0.6 is 0 Å². The van der Waals surface area contributed by atoms with Gasteiger partial charge in [-0.1, -0.05) is 12.1 Å². The van der Waals surface area contributed by atoms with Gasteiger partial charge in [-0.2, -0.15) is 5.10 Å². The molecular weight excluding hydrogens is 250 g/mol. The van der Waals surface area contributed by atoms with Gasteiger partial charge in [-0.3, -0.25) is 9.82 Å². The lowest BCUT2D eigenvalue weighted by Gasteiger charge is -2.07. The van der Waals surface area contributed by atoms with Crippen molar-refractivity contribution in [3.63, 3.8) is 0 Å². The van der Waals surface area contributed by atoms with Gasteiger partial charge in [0.2, 0.25) is 10.0 Å². The highest BCUT2D eigenvalue weighted by Crippen LogP contribution is 2.30. The number of aromatic amines is 1. The van der Waals surface area contributed by atoms with Gasteiger partial charge >= 0.3 is 0 Å². The van der Waals surface area contributed by atoms with Crippen LogP contribution in [0.3, 0.4) is 0 Å². The zero-order chi connectivity index (χ0) is 12.6. The monoisotopic (exact) mass is 263 g/mol. The number of nitrogens with one attached hydrogen (secondary N) is 2. The lowest BCUT2D eigenvalue weighted by Crippen LogP contribution is -2.17. The fraction of sp³-hybridized carbons (Fsp3) is 0.250. The topological polar surface area (TPSA) is 74.8 Å². The molecule has 0 atom stereocenters. The van der Waals surface area contributed by atoms with Crippen LogP contribution in [0.4, 0.5) is 5.69 Å². The summed E-state index contributed by atoms with van der Waals surface area (Å²) in [6, 6.07) is 9.12. The van der Waals surface area contributed by atoms with Crippen molar-refractivity contribution in [1.82, 2.24) is 10.2 Å². The smallest absolute Gasteiger partial charge is 0.235 e. The zero-order valence-corrected chi connectivity index (χ0v) is 10.4. The second kappa shape index (κ2) is 4.13. The first-order valence-corrected chi connectivity index (χ1v) is 7.31. The molecule has 0 bridgehead atoms. The first kappa shape index (κ1) is 11.3. The SMILES string of the molecule is O=S(=O)(Nc1cccc(-c2ccn[nH]2)c1)C1CC1. The second-order valence-corrected chi connectivity index (χ2v) is 6.36. The molecule has 94 valence electrons. The van der Waals surface area contributed by atoms with Crippen molar-refractivity contribution in [3.05, 3.63) is 36.5 Å². The molecule has 2 N–H and O–H groups in total. The van der Waals surface area contributed by atoms with Gasteiger partial charge in [-0.25, -0.2) is 8.42 Å². The van der Waals surface area contributed by atoms with Crippen molar-refractivity contribution in [2.75, 3.05) is 4.72 Å². The molecule has 2 aromatic rings. The molecule has 0 aliphatic heterocycles. The number of nitrogens with zero attached hydrogens (tertiary/aromatic N) is 1. The van der Waals surface area contributed by atoms with Crippen LogP contribution in [0.2, 0.25) is 0 Å². The highest BCUT2D eigenvalue weighted by molar-refractivity contribution is 7.93. The Morgan fingerprint density at radius 3 is 2.78 bits per heavy atom. The molecule has 0 unspecified atom stereocenters. The average Bonchev–Trinajstić information content (AvgIpc) is 3.06. The minimum atomic E-state index is -3.20. The summed E-state index contributed by atoms with van der Waals surface area (Å²) < 4.78 is 26.3. The third-order valence-electron chi connectivity index (χ3n) is 2.90. The number of rotatable bonds is 4. The molecule has 18 heavy (non-hydrogen) atoms. The molecule has 1 fully saturated rings. The molecule has 1 aliphatic carbocycles. The molecule has 5 nitrogen and oxygen atoms in total. The van der Waals surface area contributed by atoms with E-state index in [1.54, 1.807) is 18.3 Å². The van der Waals surface area contributed by atoms with E-state index in [0.717, 1.165) is 24.1 Å². The van der Waals surface area contributed by atoms with Crippen molar-refractivity contribution in [3.8, 4) is 11.3 Å².